The van der Waals surface area contributed by atoms with Crippen molar-refractivity contribution in [1.82, 2.24) is 4.90 Å². The molecule has 2 rings (SSSR count). The summed E-state index contributed by atoms with van der Waals surface area (Å²) in [4.78, 5) is 36.8. The van der Waals surface area contributed by atoms with Gasteiger partial charge >= 0.3 is 5.97 Å². The first-order valence-corrected chi connectivity index (χ1v) is 7.39. The molecular weight excluding hydrogens is 308 g/mol. The molecule has 1 aliphatic rings. The van der Waals surface area contributed by atoms with Crippen molar-refractivity contribution in [3.63, 3.8) is 0 Å². The molecule has 0 aromatic heterocycles. The van der Waals surface area contributed by atoms with E-state index in [1.54, 1.807) is 18.2 Å². The van der Waals surface area contributed by atoms with Gasteiger partial charge in [-0.1, -0.05) is 23.7 Å². The summed E-state index contributed by atoms with van der Waals surface area (Å²) in [6, 6.07) is 5.80. The maximum Gasteiger partial charge on any atom is 0.340 e. The van der Waals surface area contributed by atoms with Gasteiger partial charge in [0.1, 0.15) is 6.04 Å². The number of nitrogens with zero attached hydrogens (tertiary/aromatic N) is 1. The molecule has 2 N–H and O–H groups in total. The van der Waals surface area contributed by atoms with E-state index >= 15 is 0 Å². The van der Waals surface area contributed by atoms with Crippen LogP contribution in [0.25, 0.3) is 0 Å². The third kappa shape index (κ3) is 3.76. The largest absolute Gasteiger partial charge is 0.452 e. The molecule has 1 saturated heterocycles. The molecule has 1 aromatic carbocycles. The van der Waals surface area contributed by atoms with Crippen molar-refractivity contribution in [2.45, 2.75) is 25.3 Å². The average molecular weight is 325 g/mol. The van der Waals surface area contributed by atoms with Crippen LogP contribution in [-0.4, -0.2) is 41.9 Å². The number of primary amides is 1. The van der Waals surface area contributed by atoms with Gasteiger partial charge in [0, 0.05) is 6.54 Å². The zero-order valence-electron chi connectivity index (χ0n) is 12.0. The topological polar surface area (TPSA) is 89.7 Å². The van der Waals surface area contributed by atoms with Crippen LogP contribution in [-0.2, 0) is 14.3 Å². The Morgan fingerprint density at radius 3 is 2.68 bits per heavy atom. The van der Waals surface area contributed by atoms with E-state index in [2.05, 4.69) is 0 Å². The lowest BCUT2D eigenvalue weighted by Crippen LogP contribution is -2.51. The fourth-order valence-electron chi connectivity index (χ4n) is 2.44. The third-order valence-corrected chi connectivity index (χ3v) is 3.90. The molecule has 118 valence electrons. The van der Waals surface area contributed by atoms with E-state index in [9.17, 15) is 14.4 Å². The lowest BCUT2D eigenvalue weighted by atomic mass is 10.0. The van der Waals surface area contributed by atoms with Crippen LogP contribution in [0.4, 0.5) is 0 Å². The smallest absolute Gasteiger partial charge is 0.340 e. The highest BCUT2D eigenvalue weighted by Gasteiger charge is 2.31. The molecule has 0 saturated carbocycles. The summed E-state index contributed by atoms with van der Waals surface area (Å²) in [6.07, 6.45) is 2.18. The van der Waals surface area contributed by atoms with Gasteiger partial charge in [0.05, 0.1) is 10.6 Å². The molecule has 6 nitrogen and oxygen atoms in total. The van der Waals surface area contributed by atoms with Gasteiger partial charge in [0.15, 0.2) is 6.61 Å². The van der Waals surface area contributed by atoms with Crippen molar-refractivity contribution in [1.29, 1.82) is 0 Å². The van der Waals surface area contributed by atoms with E-state index in [0.29, 0.717) is 13.0 Å². The molecule has 1 aliphatic heterocycles. The molecule has 7 heteroatoms. The minimum Gasteiger partial charge on any atom is -0.452 e. The van der Waals surface area contributed by atoms with E-state index in [1.165, 1.54) is 11.0 Å². The van der Waals surface area contributed by atoms with Gasteiger partial charge < -0.3 is 15.4 Å². The van der Waals surface area contributed by atoms with E-state index in [-0.39, 0.29) is 10.6 Å². The first-order valence-electron chi connectivity index (χ1n) is 7.01. The highest BCUT2D eigenvalue weighted by atomic mass is 35.5. The Morgan fingerprint density at radius 2 is 2.00 bits per heavy atom. The number of ether oxygens (including phenoxy) is 1. The van der Waals surface area contributed by atoms with Gasteiger partial charge in [-0.2, -0.15) is 0 Å². The molecule has 1 aromatic rings. The van der Waals surface area contributed by atoms with E-state index in [1.807, 2.05) is 0 Å². The van der Waals surface area contributed by atoms with Crippen LogP contribution in [0.2, 0.25) is 5.02 Å². The number of carbonyl (C=O) groups excluding carboxylic acids is 3. The number of nitrogens with two attached hydrogens (primary N) is 1. The second-order valence-corrected chi connectivity index (χ2v) is 5.46. The fourth-order valence-corrected chi connectivity index (χ4v) is 2.65. The molecule has 1 fully saturated rings. The number of likely N-dealkylation sites (tertiary alicyclic amines) is 1. The molecule has 1 atom stereocenters. The highest BCUT2D eigenvalue weighted by Crippen LogP contribution is 2.18. The van der Waals surface area contributed by atoms with Gasteiger partial charge in [0.25, 0.3) is 5.91 Å². The quantitative estimate of drug-likeness (QED) is 0.847. The summed E-state index contributed by atoms with van der Waals surface area (Å²) in [5, 5.41) is 0.257. The molecule has 1 heterocycles. The van der Waals surface area contributed by atoms with Crippen LogP contribution in [0, 0.1) is 0 Å². The summed E-state index contributed by atoms with van der Waals surface area (Å²) in [6.45, 7) is 0.00389. The Kier molecular flexibility index (Phi) is 5.38. The Bertz CT molecular complexity index is 591. The summed E-state index contributed by atoms with van der Waals surface area (Å²) < 4.78 is 4.99. The second-order valence-electron chi connectivity index (χ2n) is 5.06. The zero-order chi connectivity index (χ0) is 16.1. The number of carbonyl (C=O) groups is 3. The molecule has 0 aliphatic carbocycles. The molecule has 2 amide bonds. The van der Waals surface area contributed by atoms with E-state index in [4.69, 9.17) is 22.1 Å². The minimum atomic E-state index is -0.674. The first-order chi connectivity index (χ1) is 10.5. The standard InChI is InChI=1S/C15H17ClN2O4/c16-11-6-2-1-5-10(11)15(21)22-9-13(19)18-8-4-3-7-12(18)14(17)20/h1-2,5-6,12H,3-4,7-9H2,(H2,17,20)/t12-/m1/s1. The first kappa shape index (κ1) is 16.3. The average Bonchev–Trinajstić information content (AvgIpc) is 2.52. The maximum atomic E-state index is 12.1. The Morgan fingerprint density at radius 1 is 1.27 bits per heavy atom. The lowest BCUT2D eigenvalue weighted by Gasteiger charge is -2.33. The highest BCUT2D eigenvalue weighted by molar-refractivity contribution is 6.33. The number of hydrogen-bond acceptors (Lipinski definition) is 4. The van der Waals surface area contributed by atoms with Crippen LogP contribution in [0.1, 0.15) is 29.6 Å². The monoisotopic (exact) mass is 324 g/mol. The minimum absolute atomic E-state index is 0.196. The summed E-state index contributed by atoms with van der Waals surface area (Å²) >= 11 is 5.89. The Labute approximate surface area is 133 Å². The third-order valence-electron chi connectivity index (χ3n) is 3.57. The maximum absolute atomic E-state index is 12.1. The number of halogens is 1. The van der Waals surface area contributed by atoms with Crippen molar-refractivity contribution in [2.75, 3.05) is 13.2 Å². The molecule has 22 heavy (non-hydrogen) atoms. The van der Waals surface area contributed by atoms with Gasteiger partial charge in [-0.05, 0) is 31.4 Å². The molecular formula is C15H17ClN2O4. The number of piperidine rings is 1. The zero-order valence-corrected chi connectivity index (χ0v) is 12.7. The summed E-state index contributed by atoms with van der Waals surface area (Å²) in [5.41, 5.74) is 5.50. The normalized spacial score (nSPS) is 17.9. The van der Waals surface area contributed by atoms with Crippen LogP contribution in [0.3, 0.4) is 0 Å². The lowest BCUT2D eigenvalue weighted by molar-refractivity contribution is -0.143. The Hall–Kier alpha value is -2.08. The van der Waals surface area contributed by atoms with E-state index in [0.717, 1.165) is 12.8 Å². The molecule has 0 spiro atoms. The van der Waals surface area contributed by atoms with Crippen molar-refractivity contribution in [3.05, 3.63) is 34.9 Å². The number of benzene rings is 1. The molecule has 0 unspecified atom stereocenters. The number of hydrogen-bond donors (Lipinski definition) is 1. The number of rotatable bonds is 4. The van der Waals surface area contributed by atoms with Crippen LogP contribution >= 0.6 is 11.6 Å². The van der Waals surface area contributed by atoms with Crippen molar-refractivity contribution < 1.29 is 19.1 Å². The molecule has 0 bridgehead atoms. The van der Waals surface area contributed by atoms with Crippen LogP contribution in [0.15, 0.2) is 24.3 Å². The summed E-state index contributed by atoms with van der Waals surface area (Å²) in [5.74, 6) is -1.64. The van der Waals surface area contributed by atoms with Crippen molar-refractivity contribution in [3.8, 4) is 0 Å². The fraction of sp³-hybridized carbons (Fsp3) is 0.400. The second kappa shape index (κ2) is 7.26. The van der Waals surface area contributed by atoms with Gasteiger partial charge in [-0.3, -0.25) is 9.59 Å². The number of esters is 1. The molecule has 0 radical (unpaired) electrons. The van der Waals surface area contributed by atoms with Crippen LogP contribution in [0.5, 0.6) is 0 Å². The van der Waals surface area contributed by atoms with Gasteiger partial charge in [-0.25, -0.2) is 4.79 Å². The number of amides is 2. The Balaban J connectivity index is 1.96. The van der Waals surface area contributed by atoms with Gasteiger partial charge in [-0.15, -0.1) is 0 Å². The van der Waals surface area contributed by atoms with Crippen molar-refractivity contribution >= 4 is 29.4 Å². The SMILES string of the molecule is NC(=O)[C@H]1CCCCN1C(=O)COC(=O)c1ccccc1Cl. The predicted molar refractivity (Wildman–Crippen MR) is 80.3 cm³/mol. The summed E-state index contributed by atoms with van der Waals surface area (Å²) in [7, 11) is 0. The van der Waals surface area contributed by atoms with Crippen molar-refractivity contribution in [2.24, 2.45) is 5.73 Å². The predicted octanol–water partition coefficient (Wildman–Crippen LogP) is 1.36. The van der Waals surface area contributed by atoms with Gasteiger partial charge in [0.2, 0.25) is 5.91 Å². The van der Waals surface area contributed by atoms with Crippen LogP contribution < -0.4 is 5.73 Å². The van der Waals surface area contributed by atoms with E-state index < -0.39 is 30.4 Å².